The Morgan fingerprint density at radius 1 is 1.09 bits per heavy atom. The summed E-state index contributed by atoms with van der Waals surface area (Å²) < 4.78 is 1.61. The van der Waals surface area contributed by atoms with Gasteiger partial charge < -0.3 is 9.67 Å². The zero-order chi connectivity index (χ0) is 23.4. The number of Topliss-reactive ketones (excluding diaryl/α,β-unsaturated/α-hetero) is 1. The first-order valence-electron chi connectivity index (χ1n) is 10.4. The monoisotopic (exact) mass is 464 g/mol. The maximum absolute atomic E-state index is 12.3. The number of nitrogens with zero attached hydrogens (tertiary/aromatic N) is 5. The lowest BCUT2D eigenvalue weighted by Crippen LogP contribution is -2.19. The molecule has 0 atom stereocenters. The van der Waals surface area contributed by atoms with Crippen molar-refractivity contribution >= 4 is 23.4 Å². The SMILES string of the molecule is CCCCc1nc(Cl)c(C(=O)C(=O)O)n1Cc1ccc(-c2ccccc2-c2nn[nH]n2)cc1. The van der Waals surface area contributed by atoms with E-state index in [-0.39, 0.29) is 17.4 Å². The normalized spacial score (nSPS) is 11.0. The van der Waals surface area contributed by atoms with Crippen LogP contribution in [-0.4, -0.2) is 47.0 Å². The number of ketones is 1. The highest BCUT2D eigenvalue weighted by Gasteiger charge is 2.26. The van der Waals surface area contributed by atoms with Crippen LogP contribution in [-0.2, 0) is 17.8 Å². The van der Waals surface area contributed by atoms with Gasteiger partial charge in [0.15, 0.2) is 5.15 Å². The minimum atomic E-state index is -1.56. The van der Waals surface area contributed by atoms with Crippen molar-refractivity contribution in [2.45, 2.75) is 32.7 Å². The molecule has 9 nitrogen and oxygen atoms in total. The smallest absolute Gasteiger partial charge is 0.378 e. The maximum Gasteiger partial charge on any atom is 0.378 e. The van der Waals surface area contributed by atoms with E-state index in [2.05, 4.69) is 25.6 Å². The number of aliphatic carboxylic acids is 1. The molecule has 10 heteroatoms. The molecule has 2 aromatic carbocycles. The zero-order valence-electron chi connectivity index (χ0n) is 17.8. The fourth-order valence-electron chi connectivity index (χ4n) is 3.66. The fourth-order valence-corrected chi connectivity index (χ4v) is 3.94. The third kappa shape index (κ3) is 4.68. The lowest BCUT2D eigenvalue weighted by molar-refractivity contribution is -0.131. The number of H-pyrrole nitrogens is 1. The molecular formula is C23H21ClN6O3. The van der Waals surface area contributed by atoms with Gasteiger partial charge in [-0.2, -0.15) is 5.21 Å². The predicted octanol–water partition coefficient (Wildman–Crippen LogP) is 4.04. The number of benzene rings is 2. The number of nitrogens with one attached hydrogen (secondary N) is 1. The van der Waals surface area contributed by atoms with E-state index in [1.807, 2.05) is 55.5 Å². The van der Waals surface area contributed by atoms with Crippen LogP contribution in [0.2, 0.25) is 5.15 Å². The Hall–Kier alpha value is -3.85. The Labute approximate surface area is 194 Å². The highest BCUT2D eigenvalue weighted by molar-refractivity contribution is 6.44. The Morgan fingerprint density at radius 2 is 1.82 bits per heavy atom. The quantitative estimate of drug-likeness (QED) is 0.282. The summed E-state index contributed by atoms with van der Waals surface area (Å²) in [7, 11) is 0. The minimum absolute atomic E-state index is 0.0841. The lowest BCUT2D eigenvalue weighted by Gasteiger charge is -2.12. The number of aromatic amines is 1. The molecule has 0 aliphatic carbocycles. The van der Waals surface area contributed by atoms with Gasteiger partial charge in [0, 0.05) is 18.5 Å². The molecule has 0 bridgehead atoms. The van der Waals surface area contributed by atoms with E-state index < -0.39 is 11.8 Å². The number of carbonyl (C=O) groups is 2. The molecule has 0 amide bonds. The van der Waals surface area contributed by atoms with Crippen molar-refractivity contribution in [2.75, 3.05) is 0 Å². The van der Waals surface area contributed by atoms with E-state index in [0.29, 0.717) is 18.1 Å². The Kier molecular flexibility index (Phi) is 6.60. The van der Waals surface area contributed by atoms with Crippen LogP contribution in [0.15, 0.2) is 48.5 Å². The maximum atomic E-state index is 12.3. The average Bonchev–Trinajstić information content (AvgIpc) is 3.46. The fraction of sp³-hybridized carbons (Fsp3) is 0.217. The third-order valence-corrected chi connectivity index (χ3v) is 5.55. The van der Waals surface area contributed by atoms with E-state index in [9.17, 15) is 14.7 Å². The highest BCUT2D eigenvalue weighted by atomic mass is 35.5. The molecule has 0 fully saturated rings. The van der Waals surface area contributed by atoms with Gasteiger partial charge in [0.05, 0.1) is 0 Å². The number of carboxylic acids is 1. The number of hydrogen-bond donors (Lipinski definition) is 2. The summed E-state index contributed by atoms with van der Waals surface area (Å²) in [6.45, 7) is 2.32. The largest absolute Gasteiger partial charge is 0.475 e. The van der Waals surface area contributed by atoms with Crippen molar-refractivity contribution < 1.29 is 14.7 Å². The van der Waals surface area contributed by atoms with E-state index in [4.69, 9.17) is 11.6 Å². The highest BCUT2D eigenvalue weighted by Crippen LogP contribution is 2.30. The second-order valence-corrected chi connectivity index (χ2v) is 7.83. The molecule has 0 saturated heterocycles. The molecule has 0 aliphatic rings. The predicted molar refractivity (Wildman–Crippen MR) is 122 cm³/mol. The van der Waals surface area contributed by atoms with Crippen molar-refractivity contribution in [3.63, 3.8) is 0 Å². The number of hydrogen-bond acceptors (Lipinski definition) is 6. The minimum Gasteiger partial charge on any atom is -0.475 e. The Morgan fingerprint density at radius 3 is 2.45 bits per heavy atom. The first kappa shape index (κ1) is 22.3. The van der Waals surface area contributed by atoms with Crippen molar-refractivity contribution in [3.05, 3.63) is 70.8 Å². The van der Waals surface area contributed by atoms with Crippen LogP contribution < -0.4 is 0 Å². The van der Waals surface area contributed by atoms with Crippen LogP contribution >= 0.6 is 11.6 Å². The van der Waals surface area contributed by atoms with Gasteiger partial charge in [0.25, 0.3) is 5.78 Å². The van der Waals surface area contributed by atoms with Gasteiger partial charge in [-0.1, -0.05) is 73.5 Å². The number of imidazole rings is 1. The number of tetrazole rings is 1. The van der Waals surface area contributed by atoms with Crippen molar-refractivity contribution in [1.82, 2.24) is 30.2 Å². The molecule has 0 unspecified atom stereocenters. The van der Waals surface area contributed by atoms with Gasteiger partial charge in [-0.15, -0.1) is 10.2 Å². The Balaban J connectivity index is 1.67. The molecule has 4 rings (SSSR count). The van der Waals surface area contributed by atoms with Crippen molar-refractivity contribution in [1.29, 1.82) is 0 Å². The van der Waals surface area contributed by atoms with Gasteiger partial charge in [-0.3, -0.25) is 4.79 Å². The molecule has 0 spiro atoms. The van der Waals surface area contributed by atoms with Crippen LogP contribution in [0.1, 0.15) is 41.6 Å². The number of unbranched alkanes of at least 4 members (excludes halogenated alkanes) is 1. The number of rotatable bonds is 9. The second-order valence-electron chi connectivity index (χ2n) is 7.47. The van der Waals surface area contributed by atoms with Gasteiger partial charge in [-0.05, 0) is 28.3 Å². The Bertz CT molecular complexity index is 1280. The van der Waals surface area contributed by atoms with E-state index in [1.165, 1.54) is 0 Å². The van der Waals surface area contributed by atoms with Crippen LogP contribution in [0.4, 0.5) is 0 Å². The molecule has 0 radical (unpaired) electrons. The number of aryl methyl sites for hydroxylation is 1. The second kappa shape index (κ2) is 9.74. The topological polar surface area (TPSA) is 127 Å². The number of aromatic nitrogens is 6. The van der Waals surface area contributed by atoms with Crippen LogP contribution in [0.25, 0.3) is 22.5 Å². The van der Waals surface area contributed by atoms with E-state index in [1.54, 1.807) is 4.57 Å². The summed E-state index contributed by atoms with van der Waals surface area (Å²) in [5.41, 5.74) is 3.53. The van der Waals surface area contributed by atoms with Crippen molar-refractivity contribution in [3.8, 4) is 22.5 Å². The number of carbonyl (C=O) groups excluding carboxylic acids is 1. The molecule has 2 aromatic heterocycles. The first-order chi connectivity index (χ1) is 16.0. The average molecular weight is 465 g/mol. The molecule has 33 heavy (non-hydrogen) atoms. The molecule has 4 aromatic rings. The van der Waals surface area contributed by atoms with E-state index in [0.717, 1.165) is 35.1 Å². The number of carboxylic acid groups (broad SMARTS) is 1. The lowest BCUT2D eigenvalue weighted by atomic mass is 9.98. The van der Waals surface area contributed by atoms with Crippen molar-refractivity contribution in [2.24, 2.45) is 0 Å². The molecule has 0 saturated carbocycles. The summed E-state index contributed by atoms with van der Waals surface area (Å²) in [5.74, 6) is -1.53. The van der Waals surface area contributed by atoms with Crippen LogP contribution in [0, 0.1) is 0 Å². The molecular weight excluding hydrogens is 444 g/mol. The van der Waals surface area contributed by atoms with Crippen LogP contribution in [0.3, 0.4) is 0 Å². The summed E-state index contributed by atoms with van der Waals surface area (Å²) in [4.78, 5) is 27.9. The van der Waals surface area contributed by atoms with Gasteiger partial charge in [0.2, 0.25) is 5.82 Å². The van der Waals surface area contributed by atoms with Crippen LogP contribution in [0.5, 0.6) is 0 Å². The summed E-state index contributed by atoms with van der Waals surface area (Å²) in [6, 6.07) is 15.5. The summed E-state index contributed by atoms with van der Waals surface area (Å²) >= 11 is 6.17. The molecule has 0 aliphatic heterocycles. The summed E-state index contributed by atoms with van der Waals surface area (Å²) in [5, 5.41) is 23.4. The van der Waals surface area contributed by atoms with Gasteiger partial charge in [-0.25, -0.2) is 9.78 Å². The van der Waals surface area contributed by atoms with E-state index >= 15 is 0 Å². The zero-order valence-corrected chi connectivity index (χ0v) is 18.6. The standard InChI is InChI=1S/C23H21ClN6O3/c1-2-3-8-18-25-21(24)19(20(31)23(32)33)30(18)13-14-9-11-15(12-10-14)16-6-4-5-7-17(16)22-26-28-29-27-22/h4-7,9-12H,2-3,8,13H2,1H3,(H,32,33)(H,26,27,28,29). The molecule has 2 heterocycles. The summed E-state index contributed by atoms with van der Waals surface area (Å²) in [6.07, 6.45) is 2.38. The van der Waals surface area contributed by atoms with Gasteiger partial charge in [0.1, 0.15) is 11.5 Å². The molecule has 168 valence electrons. The first-order valence-corrected chi connectivity index (χ1v) is 10.8. The number of halogens is 1. The molecule has 2 N–H and O–H groups in total. The third-order valence-electron chi connectivity index (χ3n) is 5.29. The van der Waals surface area contributed by atoms with Gasteiger partial charge >= 0.3 is 5.97 Å².